The maximum Gasteiger partial charge on any atom is 0.181 e. The minimum Gasteiger partial charge on any atom is -0.293 e. The number of carbonyl (C=O) groups excluding carboxylic acids is 1. The number of rotatable bonds is 3. The fourth-order valence-corrected chi connectivity index (χ4v) is 5.09. The predicted molar refractivity (Wildman–Crippen MR) is 78.8 cm³/mol. The Kier molecular flexibility index (Phi) is 3.67. The fourth-order valence-electron chi connectivity index (χ4n) is 3.22. The van der Waals surface area contributed by atoms with Crippen molar-refractivity contribution in [2.45, 2.75) is 49.7 Å². The number of carbonyl (C=O) groups is 1. The molecule has 3 nitrogen and oxygen atoms in total. The monoisotopic (exact) mass is 292 g/mol. The molecule has 0 aromatic heterocycles. The lowest BCUT2D eigenvalue weighted by Gasteiger charge is -2.29. The molecule has 2 aliphatic rings. The van der Waals surface area contributed by atoms with Crippen LogP contribution in [0, 0.1) is 0 Å². The summed E-state index contributed by atoms with van der Waals surface area (Å²) in [5.41, 5.74) is 1.71. The molecule has 1 unspecified atom stereocenters. The van der Waals surface area contributed by atoms with E-state index >= 15 is 0 Å². The highest BCUT2D eigenvalue weighted by Gasteiger charge is 2.37. The molecule has 4 heteroatoms. The second kappa shape index (κ2) is 5.32. The smallest absolute Gasteiger partial charge is 0.181 e. The topological polar surface area (TPSA) is 51.2 Å². The minimum atomic E-state index is -3.25. The summed E-state index contributed by atoms with van der Waals surface area (Å²) in [5, 5.41) is -0.808. The molecule has 0 radical (unpaired) electrons. The summed E-state index contributed by atoms with van der Waals surface area (Å²) in [6, 6.07) is 7.58. The van der Waals surface area contributed by atoms with E-state index < -0.39 is 15.1 Å². The van der Waals surface area contributed by atoms with Gasteiger partial charge < -0.3 is 0 Å². The molecule has 1 saturated heterocycles. The Morgan fingerprint density at radius 2 is 1.75 bits per heavy atom. The lowest BCUT2D eigenvalue weighted by molar-refractivity contribution is 0.0979. The normalized spacial score (nSPS) is 25.9. The summed E-state index contributed by atoms with van der Waals surface area (Å²) >= 11 is 0. The first-order valence-corrected chi connectivity index (χ1v) is 9.16. The van der Waals surface area contributed by atoms with Crippen molar-refractivity contribution in [3.63, 3.8) is 0 Å². The average Bonchev–Trinajstić information content (AvgIpc) is 2.36. The lowest BCUT2D eigenvalue weighted by atomic mass is 9.77. The highest BCUT2D eigenvalue weighted by atomic mass is 32.2. The summed E-state index contributed by atoms with van der Waals surface area (Å²) in [5.74, 6) is 0.434. The highest BCUT2D eigenvalue weighted by molar-refractivity contribution is 7.92. The molecule has 0 spiro atoms. The molecule has 1 heterocycles. The molecule has 3 rings (SSSR count). The molecule has 1 aliphatic heterocycles. The zero-order valence-corrected chi connectivity index (χ0v) is 12.4. The van der Waals surface area contributed by atoms with Crippen molar-refractivity contribution in [2.75, 3.05) is 5.75 Å². The SMILES string of the molecule is O=C(c1ccccc1C1CCC1)C1CCCCS1(=O)=O. The molecule has 1 aliphatic carbocycles. The summed E-state index contributed by atoms with van der Waals surface area (Å²) < 4.78 is 24.3. The van der Waals surface area contributed by atoms with Gasteiger partial charge in [-0.25, -0.2) is 8.42 Å². The van der Waals surface area contributed by atoms with Gasteiger partial charge in [-0.05, 0) is 37.2 Å². The van der Waals surface area contributed by atoms with Crippen LogP contribution in [0.3, 0.4) is 0 Å². The molecule has 0 amide bonds. The van der Waals surface area contributed by atoms with E-state index in [1.165, 1.54) is 6.42 Å². The summed E-state index contributed by atoms with van der Waals surface area (Å²) in [7, 11) is -3.25. The molecule has 1 aromatic carbocycles. The van der Waals surface area contributed by atoms with Gasteiger partial charge in [0.05, 0.1) is 5.75 Å². The zero-order valence-electron chi connectivity index (χ0n) is 11.5. The first-order chi connectivity index (χ1) is 9.59. The first-order valence-electron chi connectivity index (χ1n) is 7.44. The maximum atomic E-state index is 12.7. The van der Waals surface area contributed by atoms with Crippen molar-refractivity contribution in [1.82, 2.24) is 0 Å². The van der Waals surface area contributed by atoms with Crippen LogP contribution in [0.5, 0.6) is 0 Å². The highest BCUT2D eigenvalue weighted by Crippen LogP contribution is 2.38. The second-order valence-electron chi connectivity index (χ2n) is 5.93. The van der Waals surface area contributed by atoms with Gasteiger partial charge in [0.1, 0.15) is 5.25 Å². The van der Waals surface area contributed by atoms with Crippen LogP contribution < -0.4 is 0 Å². The van der Waals surface area contributed by atoms with Crippen LogP contribution in [0.1, 0.15) is 60.4 Å². The van der Waals surface area contributed by atoms with E-state index in [1.807, 2.05) is 18.2 Å². The van der Waals surface area contributed by atoms with E-state index in [1.54, 1.807) is 6.07 Å². The molecule has 1 saturated carbocycles. The summed E-state index contributed by atoms with van der Waals surface area (Å²) in [4.78, 5) is 12.7. The van der Waals surface area contributed by atoms with Crippen molar-refractivity contribution in [3.8, 4) is 0 Å². The Bertz CT molecular complexity index is 614. The van der Waals surface area contributed by atoms with Crippen LogP contribution in [0.2, 0.25) is 0 Å². The van der Waals surface area contributed by atoms with Gasteiger partial charge >= 0.3 is 0 Å². The van der Waals surface area contributed by atoms with Crippen LogP contribution in [0.25, 0.3) is 0 Å². The minimum absolute atomic E-state index is 0.162. The van der Waals surface area contributed by atoms with Gasteiger partial charge in [0, 0.05) is 5.56 Å². The van der Waals surface area contributed by atoms with E-state index in [9.17, 15) is 13.2 Å². The van der Waals surface area contributed by atoms with Crippen molar-refractivity contribution in [2.24, 2.45) is 0 Å². The van der Waals surface area contributed by atoms with Crippen molar-refractivity contribution < 1.29 is 13.2 Å². The van der Waals surface area contributed by atoms with Gasteiger partial charge in [-0.1, -0.05) is 37.1 Å². The van der Waals surface area contributed by atoms with Crippen LogP contribution in [-0.2, 0) is 9.84 Å². The Hall–Kier alpha value is -1.16. The van der Waals surface area contributed by atoms with Crippen molar-refractivity contribution in [3.05, 3.63) is 35.4 Å². The van der Waals surface area contributed by atoms with Gasteiger partial charge in [0.25, 0.3) is 0 Å². The molecule has 1 atom stereocenters. The van der Waals surface area contributed by atoms with Crippen molar-refractivity contribution in [1.29, 1.82) is 0 Å². The number of ketones is 1. The Morgan fingerprint density at radius 3 is 2.40 bits per heavy atom. The van der Waals surface area contributed by atoms with Gasteiger partial charge in [-0.3, -0.25) is 4.79 Å². The van der Waals surface area contributed by atoms with Crippen LogP contribution in [0.4, 0.5) is 0 Å². The van der Waals surface area contributed by atoms with Gasteiger partial charge in [0.2, 0.25) is 0 Å². The van der Waals surface area contributed by atoms with Crippen LogP contribution in [0.15, 0.2) is 24.3 Å². The molecule has 1 aromatic rings. The van der Waals surface area contributed by atoms with E-state index in [2.05, 4.69) is 0 Å². The molecule has 2 fully saturated rings. The number of hydrogen-bond donors (Lipinski definition) is 0. The fraction of sp³-hybridized carbons (Fsp3) is 0.562. The van der Waals surface area contributed by atoms with E-state index in [0.717, 1.165) is 24.8 Å². The Balaban J connectivity index is 1.94. The molecule has 108 valence electrons. The number of Topliss-reactive ketones (excluding diaryl/α,β-unsaturated/α-hetero) is 1. The number of benzene rings is 1. The largest absolute Gasteiger partial charge is 0.293 e. The molecular weight excluding hydrogens is 272 g/mol. The van der Waals surface area contributed by atoms with Gasteiger partial charge in [-0.15, -0.1) is 0 Å². The van der Waals surface area contributed by atoms with E-state index in [0.29, 0.717) is 24.3 Å². The quantitative estimate of drug-likeness (QED) is 0.804. The summed E-state index contributed by atoms with van der Waals surface area (Å²) in [6.07, 6.45) is 5.44. The third kappa shape index (κ3) is 2.41. The van der Waals surface area contributed by atoms with E-state index in [4.69, 9.17) is 0 Å². The average molecular weight is 292 g/mol. The molecule has 0 bridgehead atoms. The van der Waals surface area contributed by atoms with Crippen LogP contribution in [-0.4, -0.2) is 25.2 Å². The first kappa shape index (κ1) is 13.8. The van der Waals surface area contributed by atoms with E-state index in [-0.39, 0.29) is 11.5 Å². The predicted octanol–water partition coefficient (Wildman–Crippen LogP) is 3.10. The summed E-state index contributed by atoms with van der Waals surface area (Å²) in [6.45, 7) is 0. The number of sulfone groups is 1. The molecular formula is C16H20O3S. The standard InChI is InChI=1S/C16H20O3S/c17-16(15-10-3-4-11-20(15,18)19)14-9-2-1-8-13(14)12-6-5-7-12/h1-2,8-9,12,15H,3-7,10-11H2. The van der Waals surface area contributed by atoms with Gasteiger partial charge in [-0.2, -0.15) is 0 Å². The van der Waals surface area contributed by atoms with Crippen molar-refractivity contribution >= 4 is 15.6 Å². The molecule has 20 heavy (non-hydrogen) atoms. The zero-order chi connectivity index (χ0) is 14.2. The number of hydrogen-bond acceptors (Lipinski definition) is 3. The second-order valence-corrected chi connectivity index (χ2v) is 8.23. The van der Waals surface area contributed by atoms with Gasteiger partial charge in [0.15, 0.2) is 15.6 Å². The maximum absolute atomic E-state index is 12.7. The molecule has 0 N–H and O–H groups in total. The third-order valence-electron chi connectivity index (χ3n) is 4.64. The Labute approximate surface area is 120 Å². The Morgan fingerprint density at radius 1 is 1.00 bits per heavy atom. The van der Waals surface area contributed by atoms with Crippen LogP contribution >= 0.6 is 0 Å². The lowest BCUT2D eigenvalue weighted by Crippen LogP contribution is -2.36. The third-order valence-corrected chi connectivity index (χ3v) is 6.82.